The van der Waals surface area contributed by atoms with Crippen LogP contribution in [0.2, 0.25) is 0 Å². The summed E-state index contributed by atoms with van der Waals surface area (Å²) in [4.78, 5) is 17.3. The smallest absolute Gasteiger partial charge is 0.185 e. The van der Waals surface area contributed by atoms with Gasteiger partial charge >= 0.3 is 0 Å². The van der Waals surface area contributed by atoms with Gasteiger partial charge in [-0.2, -0.15) is 0 Å². The largest absolute Gasteiger partial charge is 0.336 e. The molecular formula is C10H9FN2O. The quantitative estimate of drug-likeness (QED) is 0.755. The lowest BCUT2D eigenvalue weighted by Gasteiger charge is -1.95. The number of H-pyrrole nitrogens is 1. The molecule has 4 heteroatoms. The van der Waals surface area contributed by atoms with E-state index in [-0.39, 0.29) is 6.67 Å². The molecule has 72 valence electrons. The number of fused-ring (bicyclic) bond motifs is 1. The molecule has 0 amide bonds. The maximum Gasteiger partial charge on any atom is 0.185 e. The van der Waals surface area contributed by atoms with Gasteiger partial charge in [0.15, 0.2) is 12.1 Å². The van der Waals surface area contributed by atoms with Gasteiger partial charge in [0.25, 0.3) is 0 Å². The molecule has 14 heavy (non-hydrogen) atoms. The SMILES string of the molecule is O=Cc1nc2cc(CCF)ccc2[nH]1. The van der Waals surface area contributed by atoms with E-state index < -0.39 is 0 Å². The number of alkyl halides is 1. The minimum absolute atomic E-state index is 0.303. The van der Waals surface area contributed by atoms with Crippen molar-refractivity contribution < 1.29 is 9.18 Å². The van der Waals surface area contributed by atoms with E-state index >= 15 is 0 Å². The third kappa shape index (κ3) is 1.51. The molecule has 3 nitrogen and oxygen atoms in total. The summed E-state index contributed by atoms with van der Waals surface area (Å²) >= 11 is 0. The Morgan fingerprint density at radius 3 is 3.07 bits per heavy atom. The highest BCUT2D eigenvalue weighted by molar-refractivity contribution is 5.82. The molecule has 0 radical (unpaired) electrons. The van der Waals surface area contributed by atoms with E-state index in [1.54, 1.807) is 12.1 Å². The van der Waals surface area contributed by atoms with E-state index in [1.165, 1.54) is 0 Å². The van der Waals surface area contributed by atoms with Gasteiger partial charge in [0.1, 0.15) is 0 Å². The highest BCUT2D eigenvalue weighted by atomic mass is 19.1. The topological polar surface area (TPSA) is 45.8 Å². The Labute approximate surface area is 80.0 Å². The van der Waals surface area contributed by atoms with Gasteiger partial charge in [-0.25, -0.2) is 4.98 Å². The summed E-state index contributed by atoms with van der Waals surface area (Å²) in [5.74, 6) is 0.303. The van der Waals surface area contributed by atoms with Crippen LogP contribution in [-0.2, 0) is 6.42 Å². The predicted molar refractivity (Wildman–Crippen MR) is 51.2 cm³/mol. The first-order valence-electron chi connectivity index (χ1n) is 4.33. The number of carbonyl (C=O) groups is 1. The Kier molecular flexibility index (Phi) is 2.26. The number of hydrogen-bond acceptors (Lipinski definition) is 2. The monoisotopic (exact) mass is 192 g/mol. The molecule has 0 aliphatic carbocycles. The average molecular weight is 192 g/mol. The minimum atomic E-state index is -0.379. The molecule has 1 aromatic carbocycles. The lowest BCUT2D eigenvalue weighted by molar-refractivity contribution is 0.111. The molecule has 0 aliphatic heterocycles. The van der Waals surface area contributed by atoms with Crippen molar-refractivity contribution in [2.24, 2.45) is 0 Å². The standard InChI is InChI=1S/C10H9FN2O/c11-4-3-7-1-2-8-9(5-7)13-10(6-14)12-8/h1-2,5-6H,3-4H2,(H,12,13). The van der Waals surface area contributed by atoms with Gasteiger partial charge in [-0.15, -0.1) is 0 Å². The van der Waals surface area contributed by atoms with E-state index in [9.17, 15) is 9.18 Å². The average Bonchev–Trinajstić information content (AvgIpc) is 2.60. The van der Waals surface area contributed by atoms with Gasteiger partial charge in [-0.1, -0.05) is 6.07 Å². The second-order valence-electron chi connectivity index (χ2n) is 3.03. The fraction of sp³-hybridized carbons (Fsp3) is 0.200. The molecule has 1 N–H and O–H groups in total. The molecule has 2 rings (SSSR count). The van der Waals surface area contributed by atoms with Crippen molar-refractivity contribution in [1.82, 2.24) is 9.97 Å². The zero-order valence-corrected chi connectivity index (χ0v) is 7.46. The maximum absolute atomic E-state index is 12.1. The summed E-state index contributed by atoms with van der Waals surface area (Å²) < 4.78 is 12.1. The van der Waals surface area contributed by atoms with Crippen LogP contribution < -0.4 is 0 Å². The van der Waals surface area contributed by atoms with Crippen LogP contribution in [0, 0.1) is 0 Å². The maximum atomic E-state index is 12.1. The molecule has 0 bridgehead atoms. The van der Waals surface area contributed by atoms with Gasteiger partial charge in [-0.05, 0) is 17.7 Å². The molecule has 0 unspecified atom stereocenters. The zero-order chi connectivity index (χ0) is 9.97. The van der Waals surface area contributed by atoms with Gasteiger partial charge in [-0.3, -0.25) is 9.18 Å². The number of aryl methyl sites for hydroxylation is 1. The highest BCUT2D eigenvalue weighted by Crippen LogP contribution is 2.13. The Morgan fingerprint density at radius 1 is 1.50 bits per heavy atom. The fourth-order valence-electron chi connectivity index (χ4n) is 1.39. The van der Waals surface area contributed by atoms with Crippen LogP contribution in [-0.4, -0.2) is 22.9 Å². The van der Waals surface area contributed by atoms with Gasteiger partial charge in [0.05, 0.1) is 17.7 Å². The minimum Gasteiger partial charge on any atom is -0.336 e. The molecule has 1 heterocycles. The molecule has 0 saturated carbocycles. The summed E-state index contributed by atoms with van der Waals surface area (Å²) in [6.45, 7) is -0.379. The first-order valence-corrected chi connectivity index (χ1v) is 4.33. The first-order chi connectivity index (χ1) is 6.83. The molecule has 0 saturated heterocycles. The van der Waals surface area contributed by atoms with Crippen LogP contribution in [0.15, 0.2) is 18.2 Å². The lowest BCUT2D eigenvalue weighted by Crippen LogP contribution is -1.85. The van der Waals surface area contributed by atoms with Crippen molar-refractivity contribution in [2.45, 2.75) is 6.42 Å². The lowest BCUT2D eigenvalue weighted by atomic mass is 10.1. The third-order valence-corrected chi connectivity index (χ3v) is 2.06. The van der Waals surface area contributed by atoms with Crippen molar-refractivity contribution in [3.63, 3.8) is 0 Å². The van der Waals surface area contributed by atoms with Crippen LogP contribution in [0.25, 0.3) is 11.0 Å². The number of rotatable bonds is 3. The van der Waals surface area contributed by atoms with E-state index in [2.05, 4.69) is 9.97 Å². The Balaban J connectivity index is 2.48. The van der Waals surface area contributed by atoms with E-state index in [0.717, 1.165) is 11.1 Å². The number of imidazole rings is 1. The first kappa shape index (κ1) is 8.87. The molecular weight excluding hydrogens is 183 g/mol. The molecule has 0 atom stereocenters. The molecule has 2 aromatic rings. The number of halogens is 1. The van der Waals surface area contributed by atoms with E-state index in [4.69, 9.17) is 0 Å². The van der Waals surface area contributed by atoms with Crippen LogP contribution in [0.1, 0.15) is 16.2 Å². The van der Waals surface area contributed by atoms with E-state index in [1.807, 2.05) is 6.07 Å². The summed E-state index contributed by atoms with van der Waals surface area (Å²) in [5.41, 5.74) is 2.40. The Morgan fingerprint density at radius 2 is 2.36 bits per heavy atom. The number of aldehydes is 1. The van der Waals surface area contributed by atoms with Gasteiger partial charge in [0, 0.05) is 6.42 Å². The fourth-order valence-corrected chi connectivity index (χ4v) is 1.39. The summed E-state index contributed by atoms with van der Waals surface area (Å²) in [5, 5.41) is 0. The molecule has 0 aliphatic rings. The Bertz CT molecular complexity index is 464. The zero-order valence-electron chi connectivity index (χ0n) is 7.46. The van der Waals surface area contributed by atoms with E-state index in [0.29, 0.717) is 24.0 Å². The van der Waals surface area contributed by atoms with Crippen molar-refractivity contribution in [2.75, 3.05) is 6.67 Å². The summed E-state index contributed by atoms with van der Waals surface area (Å²) in [6.07, 6.45) is 1.05. The number of nitrogens with one attached hydrogen (secondary N) is 1. The normalized spacial score (nSPS) is 10.6. The summed E-state index contributed by atoms with van der Waals surface area (Å²) in [6, 6.07) is 5.42. The number of aromatic nitrogens is 2. The Hall–Kier alpha value is -1.71. The second kappa shape index (κ2) is 3.57. The molecule has 0 fully saturated rings. The highest BCUT2D eigenvalue weighted by Gasteiger charge is 2.02. The number of benzene rings is 1. The third-order valence-electron chi connectivity index (χ3n) is 2.06. The number of carbonyl (C=O) groups excluding carboxylic acids is 1. The van der Waals surface area contributed by atoms with Crippen molar-refractivity contribution in [3.05, 3.63) is 29.6 Å². The predicted octanol–water partition coefficient (Wildman–Crippen LogP) is 1.89. The van der Waals surface area contributed by atoms with Crippen molar-refractivity contribution in [3.8, 4) is 0 Å². The van der Waals surface area contributed by atoms with Crippen LogP contribution in [0.4, 0.5) is 4.39 Å². The molecule has 1 aromatic heterocycles. The van der Waals surface area contributed by atoms with Crippen molar-refractivity contribution >= 4 is 17.3 Å². The molecule has 0 spiro atoms. The van der Waals surface area contributed by atoms with Gasteiger partial charge in [0.2, 0.25) is 0 Å². The van der Waals surface area contributed by atoms with Crippen LogP contribution in [0.5, 0.6) is 0 Å². The van der Waals surface area contributed by atoms with Gasteiger partial charge < -0.3 is 4.98 Å². The number of aromatic amines is 1. The number of hydrogen-bond donors (Lipinski definition) is 1. The van der Waals surface area contributed by atoms with Crippen molar-refractivity contribution in [1.29, 1.82) is 0 Å². The second-order valence-corrected chi connectivity index (χ2v) is 3.03. The van der Waals surface area contributed by atoms with Crippen LogP contribution in [0.3, 0.4) is 0 Å². The van der Waals surface area contributed by atoms with Crippen LogP contribution >= 0.6 is 0 Å². The number of nitrogens with zero attached hydrogens (tertiary/aromatic N) is 1. The summed E-state index contributed by atoms with van der Waals surface area (Å²) in [7, 11) is 0.